The summed E-state index contributed by atoms with van der Waals surface area (Å²) in [6.07, 6.45) is 4.10. The highest BCUT2D eigenvalue weighted by Crippen LogP contribution is 2.29. The number of nitrogens with one attached hydrogen (secondary N) is 1. The smallest absolute Gasteiger partial charge is 0.225 e. The molecule has 2 amide bonds. The Bertz CT molecular complexity index is 833. The van der Waals surface area contributed by atoms with Crippen molar-refractivity contribution in [3.05, 3.63) is 28.3 Å². The molecule has 0 saturated carbocycles. The maximum atomic E-state index is 13.4. The highest BCUT2D eigenvalue weighted by Gasteiger charge is 2.41. The number of aryl methyl sites for hydroxylation is 2. The fraction of sp³-hybridized carbons (Fsp3) is 0.692. The van der Waals surface area contributed by atoms with Crippen LogP contribution in [0.5, 0.6) is 5.75 Å². The number of morpholine rings is 1. The van der Waals surface area contributed by atoms with Gasteiger partial charge in [-0.2, -0.15) is 0 Å². The SMILES string of the molecule is CCCCN1CCO[C@@](COc2cc(C)c(Cl)c(C)c2)(CC(=O)N2CCC(NC(C)=O)CC2)C1. The summed E-state index contributed by atoms with van der Waals surface area (Å²) in [5, 5.41) is 3.72. The summed E-state index contributed by atoms with van der Waals surface area (Å²) in [4.78, 5) is 29.0. The molecule has 1 aromatic carbocycles. The number of hydrogen-bond acceptors (Lipinski definition) is 5. The number of carbonyl (C=O) groups excluding carboxylic acids is 2. The summed E-state index contributed by atoms with van der Waals surface area (Å²) < 4.78 is 12.6. The Morgan fingerprint density at radius 2 is 1.88 bits per heavy atom. The molecule has 2 saturated heterocycles. The van der Waals surface area contributed by atoms with Crippen molar-refractivity contribution in [2.45, 2.75) is 71.4 Å². The highest BCUT2D eigenvalue weighted by atomic mass is 35.5. The van der Waals surface area contributed by atoms with Gasteiger partial charge in [0.25, 0.3) is 0 Å². The second-order valence-corrected chi connectivity index (χ2v) is 10.2. The number of amides is 2. The summed E-state index contributed by atoms with van der Waals surface area (Å²) in [5.41, 5.74) is 1.25. The van der Waals surface area contributed by atoms with E-state index in [-0.39, 0.29) is 24.3 Å². The van der Waals surface area contributed by atoms with Crippen molar-refractivity contribution in [3.63, 3.8) is 0 Å². The first-order valence-electron chi connectivity index (χ1n) is 12.5. The molecular formula is C26H40ClN3O4. The van der Waals surface area contributed by atoms with Gasteiger partial charge in [0.2, 0.25) is 11.8 Å². The third kappa shape index (κ3) is 7.33. The van der Waals surface area contributed by atoms with E-state index in [2.05, 4.69) is 17.1 Å². The molecule has 0 unspecified atom stereocenters. The third-order valence-electron chi connectivity index (χ3n) is 6.80. The van der Waals surface area contributed by atoms with E-state index in [0.29, 0.717) is 32.8 Å². The van der Waals surface area contributed by atoms with Gasteiger partial charge in [0.15, 0.2) is 0 Å². The minimum Gasteiger partial charge on any atom is -0.490 e. The number of ether oxygens (including phenoxy) is 2. The standard InChI is InChI=1S/C26H40ClN3O4/c1-5-6-9-29-12-13-34-26(17-29,18-33-23-14-19(2)25(27)20(3)15-23)16-24(32)30-10-7-22(8-11-30)28-21(4)31/h14-15,22H,5-13,16-18H2,1-4H3,(H,28,31)/t26-/m0/s1. The Morgan fingerprint density at radius 1 is 1.21 bits per heavy atom. The first-order chi connectivity index (χ1) is 16.2. The van der Waals surface area contributed by atoms with Gasteiger partial charge in [-0.15, -0.1) is 0 Å². The van der Waals surface area contributed by atoms with Gasteiger partial charge in [-0.1, -0.05) is 24.9 Å². The van der Waals surface area contributed by atoms with Crippen molar-refractivity contribution < 1.29 is 19.1 Å². The van der Waals surface area contributed by atoms with Crippen LogP contribution >= 0.6 is 11.6 Å². The predicted octanol–water partition coefficient (Wildman–Crippen LogP) is 3.72. The lowest BCUT2D eigenvalue weighted by atomic mass is 9.95. The van der Waals surface area contributed by atoms with Crippen molar-refractivity contribution in [2.24, 2.45) is 0 Å². The topological polar surface area (TPSA) is 71.1 Å². The molecular weight excluding hydrogens is 454 g/mol. The molecule has 0 spiro atoms. The van der Waals surface area contributed by atoms with Gasteiger partial charge in [-0.05, 0) is 62.9 Å². The second-order valence-electron chi connectivity index (χ2n) is 9.85. The molecule has 0 aliphatic carbocycles. The van der Waals surface area contributed by atoms with Crippen LogP contribution in [0.4, 0.5) is 0 Å². The van der Waals surface area contributed by atoms with Gasteiger partial charge in [-0.3, -0.25) is 14.5 Å². The number of carbonyl (C=O) groups is 2. The Morgan fingerprint density at radius 3 is 2.50 bits per heavy atom. The van der Waals surface area contributed by atoms with Gasteiger partial charge < -0.3 is 19.7 Å². The lowest BCUT2D eigenvalue weighted by Gasteiger charge is -2.43. The van der Waals surface area contributed by atoms with Crippen LogP contribution in [0.25, 0.3) is 0 Å². The Kier molecular flexibility index (Phi) is 9.63. The number of rotatable bonds is 9. The molecule has 2 aliphatic rings. The van der Waals surface area contributed by atoms with Crippen LogP contribution in [-0.4, -0.2) is 79.2 Å². The van der Waals surface area contributed by atoms with Gasteiger partial charge in [0.05, 0.1) is 13.0 Å². The van der Waals surface area contributed by atoms with E-state index in [1.165, 1.54) is 6.92 Å². The van der Waals surface area contributed by atoms with Gasteiger partial charge >= 0.3 is 0 Å². The molecule has 1 atom stereocenters. The van der Waals surface area contributed by atoms with E-state index in [4.69, 9.17) is 21.1 Å². The van der Waals surface area contributed by atoms with Crippen LogP contribution in [0.15, 0.2) is 12.1 Å². The second kappa shape index (κ2) is 12.2. The van der Waals surface area contributed by atoms with Crippen LogP contribution in [-0.2, 0) is 14.3 Å². The molecule has 34 heavy (non-hydrogen) atoms. The van der Waals surface area contributed by atoms with Crippen molar-refractivity contribution in [1.82, 2.24) is 15.1 Å². The lowest BCUT2D eigenvalue weighted by Crippen LogP contribution is -2.57. The normalized spacial score (nSPS) is 22.0. The van der Waals surface area contributed by atoms with Gasteiger partial charge in [-0.25, -0.2) is 0 Å². The number of unbranched alkanes of at least 4 members (excludes halogenated alkanes) is 1. The van der Waals surface area contributed by atoms with Crippen LogP contribution in [0.2, 0.25) is 5.02 Å². The molecule has 2 heterocycles. The molecule has 8 heteroatoms. The van der Waals surface area contributed by atoms with Crippen LogP contribution in [0.3, 0.4) is 0 Å². The van der Waals surface area contributed by atoms with E-state index in [1.54, 1.807) is 0 Å². The van der Waals surface area contributed by atoms with Crippen LogP contribution < -0.4 is 10.1 Å². The summed E-state index contributed by atoms with van der Waals surface area (Å²) in [7, 11) is 0. The minimum atomic E-state index is -0.695. The zero-order valence-electron chi connectivity index (χ0n) is 21.1. The molecule has 1 N–H and O–H groups in total. The van der Waals surface area contributed by atoms with Crippen molar-refractivity contribution in [3.8, 4) is 5.75 Å². The number of nitrogens with zero attached hydrogens (tertiary/aromatic N) is 2. The van der Waals surface area contributed by atoms with Crippen molar-refractivity contribution >= 4 is 23.4 Å². The summed E-state index contributed by atoms with van der Waals surface area (Å²) in [5.74, 6) is 0.818. The molecule has 7 nitrogen and oxygen atoms in total. The number of halogens is 1. The first-order valence-corrected chi connectivity index (χ1v) is 12.9. The molecule has 190 valence electrons. The molecule has 2 fully saturated rings. The average molecular weight is 494 g/mol. The van der Waals surface area contributed by atoms with Gasteiger partial charge in [0, 0.05) is 44.2 Å². The summed E-state index contributed by atoms with van der Waals surface area (Å²) >= 11 is 6.33. The summed E-state index contributed by atoms with van der Waals surface area (Å²) in [6.45, 7) is 12.4. The maximum absolute atomic E-state index is 13.4. The molecule has 0 radical (unpaired) electrons. The predicted molar refractivity (Wildman–Crippen MR) is 134 cm³/mol. The van der Waals surface area contributed by atoms with E-state index in [9.17, 15) is 9.59 Å². The highest BCUT2D eigenvalue weighted by molar-refractivity contribution is 6.32. The largest absolute Gasteiger partial charge is 0.490 e. The monoisotopic (exact) mass is 493 g/mol. The summed E-state index contributed by atoms with van der Waals surface area (Å²) in [6, 6.07) is 4.02. The molecule has 2 aliphatic heterocycles. The molecule has 0 bridgehead atoms. The van der Waals surface area contributed by atoms with E-state index < -0.39 is 5.60 Å². The van der Waals surface area contributed by atoms with Crippen LogP contribution in [0, 0.1) is 13.8 Å². The molecule has 3 rings (SSSR count). The van der Waals surface area contributed by atoms with E-state index in [0.717, 1.165) is 60.7 Å². The fourth-order valence-electron chi connectivity index (χ4n) is 4.89. The maximum Gasteiger partial charge on any atom is 0.225 e. The molecule has 1 aromatic rings. The number of hydrogen-bond donors (Lipinski definition) is 1. The van der Waals surface area contributed by atoms with Crippen LogP contribution in [0.1, 0.15) is 57.1 Å². The zero-order valence-corrected chi connectivity index (χ0v) is 21.9. The van der Waals surface area contributed by atoms with Crippen molar-refractivity contribution in [1.29, 1.82) is 0 Å². The quantitative estimate of drug-likeness (QED) is 0.567. The Balaban J connectivity index is 1.69. The fourth-order valence-corrected chi connectivity index (χ4v) is 5.00. The third-order valence-corrected chi connectivity index (χ3v) is 7.39. The van der Waals surface area contributed by atoms with E-state index >= 15 is 0 Å². The molecule has 0 aromatic heterocycles. The minimum absolute atomic E-state index is 0.0173. The van der Waals surface area contributed by atoms with Gasteiger partial charge in [0.1, 0.15) is 18.0 Å². The number of piperidine rings is 1. The number of likely N-dealkylation sites (tertiary alicyclic amines) is 1. The van der Waals surface area contributed by atoms with E-state index in [1.807, 2.05) is 30.9 Å². The Labute approximate surface area is 209 Å². The number of benzene rings is 1. The Hall–Kier alpha value is -1.83. The average Bonchev–Trinajstić information content (AvgIpc) is 2.80. The first kappa shape index (κ1) is 26.8. The zero-order chi connectivity index (χ0) is 24.7. The lowest BCUT2D eigenvalue weighted by molar-refractivity contribution is -0.156. The van der Waals surface area contributed by atoms with Crippen molar-refractivity contribution in [2.75, 3.05) is 45.9 Å².